The van der Waals surface area contributed by atoms with Gasteiger partial charge in [-0.3, -0.25) is 4.79 Å². The third-order valence-corrected chi connectivity index (χ3v) is 2.98. The molecule has 4 nitrogen and oxygen atoms in total. The van der Waals surface area contributed by atoms with Crippen molar-refractivity contribution < 1.29 is 9.53 Å². The van der Waals surface area contributed by atoms with Gasteiger partial charge in [-0.15, -0.1) is 0 Å². The van der Waals surface area contributed by atoms with E-state index >= 15 is 0 Å². The fraction of sp³-hybridized carbons (Fsp3) is 0.917. The summed E-state index contributed by atoms with van der Waals surface area (Å²) < 4.78 is 5.43. The molecule has 0 aromatic carbocycles. The van der Waals surface area contributed by atoms with Crippen LogP contribution in [-0.4, -0.2) is 38.3 Å². The van der Waals surface area contributed by atoms with Crippen molar-refractivity contribution in [3.63, 3.8) is 0 Å². The molecule has 1 amide bonds. The Balaban J connectivity index is 1.34. The second-order valence-corrected chi connectivity index (χ2v) is 4.85. The van der Waals surface area contributed by atoms with E-state index in [1.165, 1.54) is 25.7 Å². The molecule has 0 atom stereocenters. The van der Waals surface area contributed by atoms with Gasteiger partial charge in [0.1, 0.15) is 0 Å². The van der Waals surface area contributed by atoms with Crippen molar-refractivity contribution in [2.24, 2.45) is 5.92 Å². The maximum Gasteiger partial charge on any atom is 0.221 e. The molecule has 0 bridgehead atoms. The SMILES string of the molecule is O=C(CCNC1CC1)NCCOCC1CC1. The highest BCUT2D eigenvalue weighted by Gasteiger charge is 2.21. The van der Waals surface area contributed by atoms with E-state index in [0.717, 1.165) is 19.1 Å². The van der Waals surface area contributed by atoms with Gasteiger partial charge in [0.15, 0.2) is 0 Å². The van der Waals surface area contributed by atoms with E-state index in [4.69, 9.17) is 4.74 Å². The number of carbonyl (C=O) groups is 1. The summed E-state index contributed by atoms with van der Waals surface area (Å²) in [6.07, 6.45) is 5.77. The van der Waals surface area contributed by atoms with Crippen LogP contribution < -0.4 is 10.6 Å². The van der Waals surface area contributed by atoms with Crippen molar-refractivity contribution in [2.75, 3.05) is 26.3 Å². The van der Waals surface area contributed by atoms with E-state index in [-0.39, 0.29) is 5.91 Å². The third-order valence-electron chi connectivity index (χ3n) is 2.98. The Morgan fingerprint density at radius 3 is 2.69 bits per heavy atom. The fourth-order valence-electron chi connectivity index (χ4n) is 1.56. The van der Waals surface area contributed by atoms with Crippen molar-refractivity contribution in [3.05, 3.63) is 0 Å². The zero-order valence-corrected chi connectivity index (χ0v) is 9.84. The van der Waals surface area contributed by atoms with Crippen LogP contribution in [0.25, 0.3) is 0 Å². The van der Waals surface area contributed by atoms with Gasteiger partial charge >= 0.3 is 0 Å². The van der Waals surface area contributed by atoms with E-state index in [2.05, 4.69) is 10.6 Å². The third kappa shape index (κ3) is 5.47. The van der Waals surface area contributed by atoms with Crippen LogP contribution in [0.15, 0.2) is 0 Å². The molecular formula is C12H22N2O2. The number of hydrogen-bond donors (Lipinski definition) is 2. The smallest absolute Gasteiger partial charge is 0.221 e. The van der Waals surface area contributed by atoms with Crippen LogP contribution in [0, 0.1) is 5.92 Å². The van der Waals surface area contributed by atoms with Crippen molar-refractivity contribution >= 4 is 5.91 Å². The first-order valence-corrected chi connectivity index (χ1v) is 6.42. The van der Waals surface area contributed by atoms with Crippen LogP contribution >= 0.6 is 0 Å². The average molecular weight is 226 g/mol. The molecule has 0 heterocycles. The molecular weight excluding hydrogens is 204 g/mol. The standard InChI is InChI=1S/C12H22N2O2/c15-12(5-6-13-11-3-4-11)14-7-8-16-9-10-1-2-10/h10-11,13H,1-9H2,(H,14,15). The molecule has 0 aromatic rings. The van der Waals surface area contributed by atoms with Gasteiger partial charge in [-0.05, 0) is 31.6 Å². The van der Waals surface area contributed by atoms with Crippen LogP contribution in [0.4, 0.5) is 0 Å². The molecule has 2 aliphatic rings. The summed E-state index contributed by atoms with van der Waals surface area (Å²) in [5.41, 5.74) is 0. The number of carbonyl (C=O) groups excluding carboxylic acids is 1. The minimum atomic E-state index is 0.128. The lowest BCUT2D eigenvalue weighted by Crippen LogP contribution is -2.30. The van der Waals surface area contributed by atoms with Gasteiger partial charge in [0.25, 0.3) is 0 Å². The molecule has 92 valence electrons. The van der Waals surface area contributed by atoms with Gasteiger partial charge < -0.3 is 15.4 Å². The minimum Gasteiger partial charge on any atom is -0.379 e. The molecule has 0 saturated heterocycles. The summed E-state index contributed by atoms with van der Waals surface area (Å²) in [4.78, 5) is 11.3. The van der Waals surface area contributed by atoms with E-state index in [1.54, 1.807) is 0 Å². The number of nitrogens with one attached hydrogen (secondary N) is 2. The van der Waals surface area contributed by atoms with Crippen molar-refractivity contribution in [2.45, 2.75) is 38.1 Å². The molecule has 0 radical (unpaired) electrons. The molecule has 2 rings (SSSR count). The Kier molecular flexibility index (Phi) is 4.60. The fourth-order valence-corrected chi connectivity index (χ4v) is 1.56. The van der Waals surface area contributed by atoms with Crippen LogP contribution in [0.5, 0.6) is 0 Å². The molecule has 2 fully saturated rings. The molecule has 2 aliphatic carbocycles. The zero-order chi connectivity index (χ0) is 11.2. The molecule has 2 N–H and O–H groups in total. The lowest BCUT2D eigenvalue weighted by atomic mass is 10.4. The highest BCUT2D eigenvalue weighted by atomic mass is 16.5. The van der Waals surface area contributed by atoms with E-state index in [1.807, 2.05) is 0 Å². The summed E-state index contributed by atoms with van der Waals surface area (Å²) >= 11 is 0. The first-order chi connectivity index (χ1) is 7.84. The van der Waals surface area contributed by atoms with Gasteiger partial charge in [-0.2, -0.15) is 0 Å². The number of amides is 1. The van der Waals surface area contributed by atoms with Crippen molar-refractivity contribution in [1.82, 2.24) is 10.6 Å². The Labute approximate surface area is 97.1 Å². The Hall–Kier alpha value is -0.610. The van der Waals surface area contributed by atoms with Crippen LogP contribution in [0.3, 0.4) is 0 Å². The van der Waals surface area contributed by atoms with E-state index < -0.39 is 0 Å². The van der Waals surface area contributed by atoms with Crippen LogP contribution in [0.1, 0.15) is 32.1 Å². The summed E-state index contributed by atoms with van der Waals surface area (Å²) in [5, 5.41) is 6.19. The zero-order valence-electron chi connectivity index (χ0n) is 9.84. The van der Waals surface area contributed by atoms with Crippen LogP contribution in [-0.2, 0) is 9.53 Å². The number of ether oxygens (including phenoxy) is 1. The molecule has 2 saturated carbocycles. The van der Waals surface area contributed by atoms with Gasteiger partial charge in [0.05, 0.1) is 6.61 Å². The first kappa shape index (κ1) is 11.9. The maximum atomic E-state index is 11.3. The van der Waals surface area contributed by atoms with Gasteiger partial charge in [0, 0.05) is 32.2 Å². The molecule has 0 aliphatic heterocycles. The normalized spacial score (nSPS) is 19.8. The van der Waals surface area contributed by atoms with Gasteiger partial charge in [-0.1, -0.05) is 0 Å². The lowest BCUT2D eigenvalue weighted by molar-refractivity contribution is -0.121. The van der Waals surface area contributed by atoms with E-state index in [9.17, 15) is 4.79 Å². The predicted octanol–water partition coefficient (Wildman–Crippen LogP) is 0.671. The largest absolute Gasteiger partial charge is 0.379 e. The van der Waals surface area contributed by atoms with Gasteiger partial charge in [-0.25, -0.2) is 0 Å². The van der Waals surface area contributed by atoms with Crippen molar-refractivity contribution in [1.29, 1.82) is 0 Å². The summed E-state index contributed by atoms with van der Waals surface area (Å²) in [6.45, 7) is 2.98. The van der Waals surface area contributed by atoms with E-state index in [0.29, 0.717) is 25.6 Å². The second-order valence-electron chi connectivity index (χ2n) is 4.85. The molecule has 16 heavy (non-hydrogen) atoms. The molecule has 0 unspecified atom stereocenters. The van der Waals surface area contributed by atoms with Crippen LogP contribution in [0.2, 0.25) is 0 Å². The molecule has 0 aromatic heterocycles. The Morgan fingerprint density at radius 1 is 1.19 bits per heavy atom. The minimum absolute atomic E-state index is 0.128. The van der Waals surface area contributed by atoms with Gasteiger partial charge in [0.2, 0.25) is 5.91 Å². The first-order valence-electron chi connectivity index (χ1n) is 6.42. The predicted molar refractivity (Wildman–Crippen MR) is 62.2 cm³/mol. The Morgan fingerprint density at radius 2 is 2.00 bits per heavy atom. The highest BCUT2D eigenvalue weighted by molar-refractivity contribution is 5.76. The monoisotopic (exact) mass is 226 g/mol. The topological polar surface area (TPSA) is 50.4 Å². The Bertz CT molecular complexity index is 225. The quantitative estimate of drug-likeness (QED) is 0.568. The lowest BCUT2D eigenvalue weighted by Gasteiger charge is -2.06. The second kappa shape index (κ2) is 6.21. The summed E-state index contributed by atoms with van der Waals surface area (Å²) in [5.74, 6) is 0.932. The molecule has 0 spiro atoms. The average Bonchev–Trinajstić information content (AvgIpc) is 3.12. The van der Waals surface area contributed by atoms with Crippen molar-refractivity contribution in [3.8, 4) is 0 Å². The highest BCUT2D eigenvalue weighted by Crippen LogP contribution is 2.28. The maximum absolute atomic E-state index is 11.3. The molecule has 4 heteroatoms. The summed E-state index contributed by atoms with van der Waals surface area (Å²) in [7, 11) is 0. The summed E-state index contributed by atoms with van der Waals surface area (Å²) in [6, 6.07) is 0.690. The number of rotatable bonds is 9. The number of hydrogen-bond acceptors (Lipinski definition) is 3.